The van der Waals surface area contributed by atoms with Crippen molar-refractivity contribution in [3.05, 3.63) is 124 Å². The predicted molar refractivity (Wildman–Crippen MR) is 155 cm³/mol. The minimum Gasteiger partial charge on any atom is -0.394 e. The SMILES string of the molecule is CC(CO)NC(=O)c1c(CN2CCC(c3ccccc3)(c3ccccc3)CC2)ncn1Cc1ccc(Cl)cc1. The maximum atomic E-state index is 13.4. The monoisotopic (exact) mass is 542 g/mol. The molecule has 0 saturated carbocycles. The number of nitrogens with one attached hydrogen (secondary N) is 1. The Morgan fingerprint density at radius 1 is 0.949 bits per heavy atom. The van der Waals surface area contributed by atoms with Gasteiger partial charge >= 0.3 is 0 Å². The summed E-state index contributed by atoms with van der Waals surface area (Å²) in [5, 5.41) is 13.1. The summed E-state index contributed by atoms with van der Waals surface area (Å²) in [5.41, 5.74) is 4.97. The van der Waals surface area contributed by atoms with Crippen molar-refractivity contribution in [2.45, 2.75) is 44.3 Å². The largest absolute Gasteiger partial charge is 0.394 e. The van der Waals surface area contributed by atoms with E-state index in [1.165, 1.54) is 11.1 Å². The summed E-state index contributed by atoms with van der Waals surface area (Å²) in [6.07, 6.45) is 3.70. The van der Waals surface area contributed by atoms with Gasteiger partial charge < -0.3 is 15.0 Å². The number of rotatable bonds is 9. The van der Waals surface area contributed by atoms with E-state index >= 15 is 0 Å². The van der Waals surface area contributed by atoms with Crippen molar-refractivity contribution < 1.29 is 9.90 Å². The number of halogens is 1. The van der Waals surface area contributed by atoms with E-state index in [1.807, 2.05) is 28.8 Å². The summed E-state index contributed by atoms with van der Waals surface area (Å²) < 4.78 is 1.89. The molecule has 0 radical (unpaired) electrons. The third kappa shape index (κ3) is 6.09. The Labute approximate surface area is 235 Å². The summed E-state index contributed by atoms with van der Waals surface area (Å²) in [7, 11) is 0. The fourth-order valence-corrected chi connectivity index (χ4v) is 5.73. The Bertz CT molecular complexity index is 1320. The number of amides is 1. The molecule has 3 aromatic carbocycles. The number of hydrogen-bond acceptors (Lipinski definition) is 4. The van der Waals surface area contributed by atoms with Gasteiger partial charge in [0.15, 0.2) is 0 Å². The molecule has 1 unspecified atom stereocenters. The fraction of sp³-hybridized carbons (Fsp3) is 0.312. The summed E-state index contributed by atoms with van der Waals surface area (Å²) in [6.45, 7) is 4.54. The summed E-state index contributed by atoms with van der Waals surface area (Å²) in [6, 6.07) is 28.9. The first-order chi connectivity index (χ1) is 19.0. The highest BCUT2D eigenvalue weighted by Gasteiger charge is 2.38. The first-order valence-electron chi connectivity index (χ1n) is 13.5. The number of piperidine rings is 1. The zero-order chi connectivity index (χ0) is 27.2. The van der Waals surface area contributed by atoms with Gasteiger partial charge in [-0.25, -0.2) is 4.98 Å². The van der Waals surface area contributed by atoms with Gasteiger partial charge in [-0.2, -0.15) is 0 Å². The number of hydrogen-bond donors (Lipinski definition) is 2. The van der Waals surface area contributed by atoms with Crippen LogP contribution in [0.2, 0.25) is 5.02 Å². The van der Waals surface area contributed by atoms with Crippen molar-refractivity contribution >= 4 is 17.5 Å². The lowest BCUT2D eigenvalue weighted by molar-refractivity contribution is 0.0909. The van der Waals surface area contributed by atoms with Gasteiger partial charge in [0, 0.05) is 29.6 Å². The molecule has 5 rings (SSSR count). The second kappa shape index (κ2) is 12.2. The molecule has 4 aromatic rings. The number of carbonyl (C=O) groups is 1. The number of likely N-dealkylation sites (tertiary alicyclic amines) is 1. The van der Waals surface area contributed by atoms with Crippen molar-refractivity contribution in [1.82, 2.24) is 19.8 Å². The molecule has 1 fully saturated rings. The summed E-state index contributed by atoms with van der Waals surface area (Å²) in [5.74, 6) is -0.224. The lowest BCUT2D eigenvalue weighted by atomic mass is 9.68. The number of aliphatic hydroxyl groups excluding tert-OH is 1. The van der Waals surface area contributed by atoms with Crippen molar-refractivity contribution in [3.8, 4) is 0 Å². The fourth-order valence-electron chi connectivity index (χ4n) is 5.61. The van der Waals surface area contributed by atoms with Gasteiger partial charge in [0.25, 0.3) is 5.91 Å². The van der Waals surface area contributed by atoms with Crippen molar-refractivity contribution in [1.29, 1.82) is 0 Å². The van der Waals surface area contributed by atoms with E-state index in [2.05, 4.69) is 70.9 Å². The van der Waals surface area contributed by atoms with Crippen LogP contribution in [0.15, 0.2) is 91.3 Å². The number of benzene rings is 3. The number of nitrogens with zero attached hydrogens (tertiary/aromatic N) is 3. The predicted octanol–water partition coefficient (Wildman–Crippen LogP) is 5.28. The highest BCUT2D eigenvalue weighted by Crippen LogP contribution is 2.42. The van der Waals surface area contributed by atoms with Crippen molar-refractivity contribution in [2.24, 2.45) is 0 Å². The molecular formula is C32H35ClN4O2. The molecule has 2 heterocycles. The van der Waals surface area contributed by atoms with E-state index in [1.54, 1.807) is 13.3 Å². The van der Waals surface area contributed by atoms with Gasteiger partial charge in [0.1, 0.15) is 5.69 Å². The number of carbonyl (C=O) groups excluding carboxylic acids is 1. The zero-order valence-electron chi connectivity index (χ0n) is 22.3. The van der Waals surface area contributed by atoms with Gasteiger partial charge in [-0.3, -0.25) is 9.69 Å². The molecule has 1 amide bonds. The minimum absolute atomic E-state index is 0.0380. The molecule has 1 aliphatic rings. The normalized spacial score (nSPS) is 16.1. The van der Waals surface area contributed by atoms with Crippen LogP contribution in [0.5, 0.6) is 0 Å². The molecule has 39 heavy (non-hydrogen) atoms. The molecule has 1 aliphatic heterocycles. The lowest BCUT2D eigenvalue weighted by Gasteiger charge is -2.43. The van der Waals surface area contributed by atoms with Gasteiger partial charge in [0.05, 0.1) is 18.6 Å². The molecule has 202 valence electrons. The minimum atomic E-state index is -0.350. The molecule has 0 spiro atoms. The van der Waals surface area contributed by atoms with Crippen LogP contribution in [0.25, 0.3) is 0 Å². The maximum absolute atomic E-state index is 13.4. The van der Waals surface area contributed by atoms with E-state index in [9.17, 15) is 9.90 Å². The Hall–Kier alpha value is -3.45. The topological polar surface area (TPSA) is 70.4 Å². The molecule has 2 N–H and O–H groups in total. The van der Waals surface area contributed by atoms with Gasteiger partial charge in [-0.05, 0) is 61.7 Å². The second-order valence-electron chi connectivity index (χ2n) is 10.4. The first kappa shape index (κ1) is 27.1. The Morgan fingerprint density at radius 3 is 2.10 bits per heavy atom. The Kier molecular flexibility index (Phi) is 8.46. The Balaban J connectivity index is 1.38. The number of aliphatic hydroxyl groups is 1. The van der Waals surface area contributed by atoms with E-state index in [0.717, 1.165) is 37.2 Å². The average Bonchev–Trinajstić information content (AvgIpc) is 3.37. The Morgan fingerprint density at radius 2 is 1.54 bits per heavy atom. The molecular weight excluding hydrogens is 508 g/mol. The number of imidazole rings is 1. The van der Waals surface area contributed by atoms with Crippen LogP contribution < -0.4 is 5.32 Å². The van der Waals surface area contributed by atoms with Crippen molar-refractivity contribution in [3.63, 3.8) is 0 Å². The molecule has 0 bridgehead atoms. The molecule has 0 aliphatic carbocycles. The lowest BCUT2D eigenvalue weighted by Crippen LogP contribution is -2.43. The van der Waals surface area contributed by atoms with Crippen LogP contribution in [0.1, 0.15) is 52.6 Å². The standard InChI is InChI=1S/C32H35ClN4O2/c1-24(22-38)35-31(39)30-29(34-23-37(30)20-25-12-14-28(33)15-13-25)21-36-18-16-32(17-19-36,26-8-4-2-5-9-26)27-10-6-3-7-11-27/h2-15,23-24,38H,16-22H2,1H3,(H,35,39). The quantitative estimate of drug-likeness (QED) is 0.302. The molecule has 1 saturated heterocycles. The molecule has 6 nitrogen and oxygen atoms in total. The number of aromatic nitrogens is 2. The molecule has 1 aromatic heterocycles. The van der Waals surface area contributed by atoms with Crippen molar-refractivity contribution in [2.75, 3.05) is 19.7 Å². The third-order valence-corrected chi connectivity index (χ3v) is 8.03. The van der Waals surface area contributed by atoms with Gasteiger partial charge in [-0.1, -0.05) is 84.4 Å². The van der Waals surface area contributed by atoms with E-state index in [4.69, 9.17) is 16.6 Å². The third-order valence-electron chi connectivity index (χ3n) is 7.78. The van der Waals surface area contributed by atoms with E-state index < -0.39 is 0 Å². The van der Waals surface area contributed by atoms with Crippen LogP contribution in [0.4, 0.5) is 0 Å². The van der Waals surface area contributed by atoms with Crippen LogP contribution in [-0.2, 0) is 18.5 Å². The highest BCUT2D eigenvalue weighted by atomic mass is 35.5. The first-order valence-corrected chi connectivity index (χ1v) is 13.9. The van der Waals surface area contributed by atoms with Gasteiger partial charge in [-0.15, -0.1) is 0 Å². The summed E-state index contributed by atoms with van der Waals surface area (Å²) in [4.78, 5) is 20.5. The smallest absolute Gasteiger partial charge is 0.270 e. The van der Waals surface area contributed by atoms with Gasteiger partial charge in [0.2, 0.25) is 0 Å². The van der Waals surface area contributed by atoms with Crippen LogP contribution in [-0.4, -0.2) is 51.2 Å². The second-order valence-corrected chi connectivity index (χ2v) is 10.9. The van der Waals surface area contributed by atoms with Crippen LogP contribution >= 0.6 is 11.6 Å². The van der Waals surface area contributed by atoms with E-state index in [-0.39, 0.29) is 24.0 Å². The summed E-state index contributed by atoms with van der Waals surface area (Å²) >= 11 is 6.07. The highest BCUT2D eigenvalue weighted by molar-refractivity contribution is 6.30. The average molecular weight is 543 g/mol. The van der Waals surface area contributed by atoms with Crippen LogP contribution in [0.3, 0.4) is 0 Å². The maximum Gasteiger partial charge on any atom is 0.270 e. The molecule has 7 heteroatoms. The van der Waals surface area contributed by atoms with E-state index in [0.29, 0.717) is 23.8 Å². The zero-order valence-corrected chi connectivity index (χ0v) is 23.0. The van der Waals surface area contributed by atoms with Crippen LogP contribution in [0, 0.1) is 0 Å². The molecule has 1 atom stereocenters.